The van der Waals surface area contributed by atoms with E-state index in [9.17, 15) is 14.7 Å². The summed E-state index contributed by atoms with van der Waals surface area (Å²) >= 11 is 0. The lowest BCUT2D eigenvalue weighted by Gasteiger charge is -2.15. The van der Waals surface area contributed by atoms with E-state index in [4.69, 9.17) is 0 Å². The first-order valence-electron chi connectivity index (χ1n) is 6.40. The van der Waals surface area contributed by atoms with Crippen molar-refractivity contribution in [3.8, 4) is 0 Å². The smallest absolute Gasteiger partial charge is 0.234 e. The summed E-state index contributed by atoms with van der Waals surface area (Å²) in [5.74, 6) is -0.669. The van der Waals surface area contributed by atoms with Gasteiger partial charge in [0, 0.05) is 0 Å². The average Bonchev–Trinajstić information content (AvgIpc) is 2.27. The Hall–Kier alpha value is -1.20. The van der Waals surface area contributed by atoms with E-state index in [0.29, 0.717) is 0 Å². The molecule has 1 amide bonds. The van der Waals surface area contributed by atoms with Crippen LogP contribution in [0, 0.1) is 0 Å². The molecule has 0 aromatic heterocycles. The highest BCUT2D eigenvalue weighted by Crippen LogP contribution is 2.00. The molecule has 0 spiro atoms. The van der Waals surface area contributed by atoms with Gasteiger partial charge in [-0.1, -0.05) is 19.4 Å². The third kappa shape index (κ3) is 22.5. The van der Waals surface area contributed by atoms with E-state index >= 15 is 0 Å². The molecule has 5 nitrogen and oxygen atoms in total. The van der Waals surface area contributed by atoms with Gasteiger partial charge in [-0.2, -0.15) is 0 Å². The highest BCUT2D eigenvalue weighted by atomic mass is 16.3. The first kappa shape index (κ1) is 22.9. The topological polar surface area (TPSA) is 78.4 Å². The van der Waals surface area contributed by atoms with Crippen LogP contribution < -0.4 is 10.6 Å². The van der Waals surface area contributed by atoms with E-state index in [-0.39, 0.29) is 19.0 Å². The molecule has 0 aromatic rings. The van der Waals surface area contributed by atoms with Gasteiger partial charge in [-0.15, -0.1) is 6.58 Å². The Morgan fingerprint density at radius 1 is 1.16 bits per heavy atom. The third-order valence-electron chi connectivity index (χ3n) is 1.47. The molecule has 5 heteroatoms. The molecule has 0 bridgehead atoms. The number of ketones is 1. The Balaban J connectivity index is -0.000000361. The lowest BCUT2D eigenvalue weighted by Crippen LogP contribution is -2.42. The largest absolute Gasteiger partial charge is 0.383 e. The van der Waals surface area contributed by atoms with Crippen molar-refractivity contribution in [2.75, 3.05) is 20.1 Å². The van der Waals surface area contributed by atoms with Gasteiger partial charge in [0.25, 0.3) is 0 Å². The Morgan fingerprint density at radius 2 is 1.53 bits per heavy atom. The minimum atomic E-state index is -1.38. The average molecular weight is 274 g/mol. The fraction of sp³-hybridized carbons (Fsp3) is 0.714. The lowest BCUT2D eigenvalue weighted by atomic mass is 10.0. The molecule has 0 rings (SSSR count). The lowest BCUT2D eigenvalue weighted by molar-refractivity contribution is -0.134. The molecule has 0 fully saturated rings. The van der Waals surface area contributed by atoms with Crippen LogP contribution in [0.1, 0.15) is 41.5 Å². The second-order valence-electron chi connectivity index (χ2n) is 4.50. The molecule has 114 valence electrons. The number of allylic oxidation sites excluding steroid dienone is 1. The van der Waals surface area contributed by atoms with Crippen LogP contribution in [0.3, 0.4) is 0 Å². The van der Waals surface area contributed by atoms with E-state index in [2.05, 4.69) is 17.2 Å². The second kappa shape index (κ2) is 13.2. The van der Waals surface area contributed by atoms with Gasteiger partial charge in [0.2, 0.25) is 5.91 Å². The summed E-state index contributed by atoms with van der Waals surface area (Å²) in [5.41, 5.74) is -0.215. The van der Waals surface area contributed by atoms with Crippen molar-refractivity contribution in [3.63, 3.8) is 0 Å². The fourth-order valence-corrected chi connectivity index (χ4v) is 0.618. The Morgan fingerprint density at radius 3 is 1.79 bits per heavy atom. The van der Waals surface area contributed by atoms with Crippen LogP contribution in [0.25, 0.3) is 0 Å². The Labute approximate surface area is 117 Å². The van der Waals surface area contributed by atoms with Gasteiger partial charge >= 0.3 is 0 Å². The first-order valence-corrected chi connectivity index (χ1v) is 6.40. The Bertz CT molecular complexity index is 264. The number of carbonyl (C=O) groups is 2. The van der Waals surface area contributed by atoms with Crippen molar-refractivity contribution in [2.24, 2.45) is 0 Å². The van der Waals surface area contributed by atoms with Gasteiger partial charge in [0.1, 0.15) is 5.60 Å². The predicted octanol–water partition coefficient (Wildman–Crippen LogP) is 1.27. The van der Waals surface area contributed by atoms with Gasteiger partial charge in [-0.3, -0.25) is 9.59 Å². The highest BCUT2D eigenvalue weighted by Gasteiger charge is 2.23. The number of nitrogens with one attached hydrogen (secondary N) is 2. The number of likely N-dealkylation sites (N-methyl/N-ethyl adjacent to an activating group) is 1. The summed E-state index contributed by atoms with van der Waals surface area (Å²) in [7, 11) is 1.64. The molecule has 0 saturated carbocycles. The molecular formula is C14H30N2O3. The maximum atomic E-state index is 11.1. The first-order chi connectivity index (χ1) is 8.61. The number of amides is 1. The molecule has 0 aliphatic carbocycles. The monoisotopic (exact) mass is 274 g/mol. The minimum Gasteiger partial charge on any atom is -0.383 e. The van der Waals surface area contributed by atoms with Crippen LogP contribution in [-0.2, 0) is 9.59 Å². The normalized spacial score (nSPS) is 9.26. The van der Waals surface area contributed by atoms with E-state index in [1.807, 2.05) is 27.7 Å². The third-order valence-corrected chi connectivity index (χ3v) is 1.47. The van der Waals surface area contributed by atoms with Crippen molar-refractivity contribution in [1.29, 1.82) is 0 Å². The van der Waals surface area contributed by atoms with E-state index < -0.39 is 11.4 Å². The van der Waals surface area contributed by atoms with Gasteiger partial charge < -0.3 is 15.7 Å². The van der Waals surface area contributed by atoms with Crippen LogP contribution in [-0.4, -0.2) is 42.5 Å². The summed E-state index contributed by atoms with van der Waals surface area (Å²) in [6.07, 6.45) is 0. The number of aliphatic hydroxyl groups is 1. The van der Waals surface area contributed by atoms with E-state index in [1.165, 1.54) is 19.4 Å². The van der Waals surface area contributed by atoms with Crippen LogP contribution in [0.2, 0.25) is 0 Å². The zero-order valence-electron chi connectivity index (χ0n) is 13.4. The minimum absolute atomic E-state index is 0.135. The summed E-state index contributed by atoms with van der Waals surface area (Å²) in [5, 5.41) is 14.2. The van der Waals surface area contributed by atoms with Crippen molar-refractivity contribution in [2.45, 2.75) is 47.1 Å². The molecular weight excluding hydrogens is 244 g/mol. The molecule has 0 aliphatic rings. The zero-order chi connectivity index (χ0) is 16.1. The quantitative estimate of drug-likeness (QED) is 0.660. The number of rotatable bonds is 5. The molecule has 0 radical (unpaired) electrons. The van der Waals surface area contributed by atoms with Crippen molar-refractivity contribution < 1.29 is 14.7 Å². The highest BCUT2D eigenvalue weighted by molar-refractivity contribution is 5.91. The summed E-state index contributed by atoms with van der Waals surface area (Å²) in [6, 6.07) is 0. The van der Waals surface area contributed by atoms with Crippen molar-refractivity contribution in [3.05, 3.63) is 12.2 Å². The van der Waals surface area contributed by atoms with Crippen molar-refractivity contribution in [1.82, 2.24) is 10.6 Å². The number of hydrogen-bond acceptors (Lipinski definition) is 4. The van der Waals surface area contributed by atoms with E-state index in [1.54, 1.807) is 7.05 Å². The van der Waals surface area contributed by atoms with Crippen LogP contribution in [0.15, 0.2) is 12.2 Å². The maximum absolute atomic E-state index is 11.1. The standard InChI is InChI=1S/C8H16N2O3.C4H8.C2H6/c1-8(2,13)6(11)4-10-7(12)5-9-3;1-4(2)3;1-2/h9,13H,4-5H2,1-3H3,(H,10,12);1H2,2-3H3;1-2H3. The number of hydrogen-bond donors (Lipinski definition) is 3. The van der Waals surface area contributed by atoms with Crippen LogP contribution >= 0.6 is 0 Å². The molecule has 0 heterocycles. The molecule has 0 saturated heterocycles. The Kier molecular flexibility index (Phi) is 16.0. The summed E-state index contributed by atoms with van der Waals surface area (Å²) in [6.45, 7) is 14.3. The van der Waals surface area contributed by atoms with E-state index in [0.717, 1.165) is 0 Å². The predicted molar refractivity (Wildman–Crippen MR) is 80.1 cm³/mol. The molecule has 3 N–H and O–H groups in total. The van der Waals surface area contributed by atoms with Gasteiger partial charge in [-0.25, -0.2) is 0 Å². The van der Waals surface area contributed by atoms with Crippen LogP contribution in [0.4, 0.5) is 0 Å². The van der Waals surface area contributed by atoms with Gasteiger partial charge in [-0.05, 0) is 34.7 Å². The molecule has 19 heavy (non-hydrogen) atoms. The van der Waals surface area contributed by atoms with Crippen molar-refractivity contribution >= 4 is 11.7 Å². The summed E-state index contributed by atoms with van der Waals surface area (Å²) in [4.78, 5) is 22.0. The number of carbonyl (C=O) groups excluding carboxylic acids is 2. The molecule has 0 aromatic carbocycles. The van der Waals surface area contributed by atoms with Gasteiger partial charge in [0.15, 0.2) is 5.78 Å². The van der Waals surface area contributed by atoms with Gasteiger partial charge in [0.05, 0.1) is 13.1 Å². The molecule has 0 unspecified atom stereocenters. The van der Waals surface area contributed by atoms with Crippen LogP contribution in [0.5, 0.6) is 0 Å². The summed E-state index contributed by atoms with van der Waals surface area (Å²) < 4.78 is 0. The molecule has 0 aliphatic heterocycles. The number of Topliss-reactive ketones (excluding diaryl/α,β-unsaturated/α-hetero) is 1. The maximum Gasteiger partial charge on any atom is 0.234 e. The zero-order valence-corrected chi connectivity index (χ0v) is 13.4. The SMILES string of the molecule is C=C(C)C.CC.CNCC(=O)NCC(=O)C(C)(C)O. The fourth-order valence-electron chi connectivity index (χ4n) is 0.618. The second-order valence-corrected chi connectivity index (χ2v) is 4.50. The molecule has 0 atom stereocenters.